The average Bonchev–Trinajstić information content (AvgIpc) is 2.38. The molecule has 0 bridgehead atoms. The molecule has 0 spiro atoms. The maximum absolute atomic E-state index is 13.3. The predicted molar refractivity (Wildman–Crippen MR) is 70.4 cm³/mol. The van der Waals surface area contributed by atoms with Crippen LogP contribution < -0.4 is 10.5 Å². The van der Waals surface area contributed by atoms with Crippen LogP contribution in [-0.4, -0.2) is 7.11 Å². The van der Waals surface area contributed by atoms with E-state index < -0.39 is 6.04 Å². The molecule has 0 aliphatic heterocycles. The Labute approximate surface area is 110 Å². The van der Waals surface area contributed by atoms with E-state index in [4.69, 9.17) is 22.1 Å². The van der Waals surface area contributed by atoms with Crippen LogP contribution in [0.25, 0.3) is 0 Å². The Bertz CT molecular complexity index is 559. The Hall–Kier alpha value is -1.58. The van der Waals surface area contributed by atoms with E-state index in [9.17, 15) is 4.39 Å². The summed E-state index contributed by atoms with van der Waals surface area (Å²) in [7, 11) is 1.52. The number of nitrogens with two attached hydrogens (primary N) is 1. The Kier molecular flexibility index (Phi) is 3.84. The Morgan fingerprint density at radius 1 is 1.17 bits per heavy atom. The number of methoxy groups -OCH3 is 1. The molecule has 0 heterocycles. The fourth-order valence-electron chi connectivity index (χ4n) is 1.84. The first-order valence-electron chi connectivity index (χ1n) is 5.47. The van der Waals surface area contributed by atoms with Gasteiger partial charge >= 0.3 is 0 Å². The molecule has 0 aliphatic rings. The van der Waals surface area contributed by atoms with E-state index in [-0.39, 0.29) is 5.82 Å². The van der Waals surface area contributed by atoms with E-state index in [1.165, 1.54) is 19.2 Å². The van der Waals surface area contributed by atoms with Crippen molar-refractivity contribution in [2.24, 2.45) is 5.73 Å². The van der Waals surface area contributed by atoms with Gasteiger partial charge in [-0.05, 0) is 29.8 Å². The van der Waals surface area contributed by atoms with Gasteiger partial charge in [-0.25, -0.2) is 4.39 Å². The molecule has 18 heavy (non-hydrogen) atoms. The van der Waals surface area contributed by atoms with Gasteiger partial charge in [0, 0.05) is 10.6 Å². The highest BCUT2D eigenvalue weighted by Crippen LogP contribution is 2.32. The van der Waals surface area contributed by atoms with E-state index in [0.29, 0.717) is 16.3 Å². The normalized spacial score (nSPS) is 12.2. The predicted octanol–water partition coefficient (Wildman–Crippen LogP) is 3.54. The second-order valence-corrected chi connectivity index (χ2v) is 4.29. The summed E-state index contributed by atoms with van der Waals surface area (Å²) < 4.78 is 18.5. The highest BCUT2D eigenvalue weighted by Gasteiger charge is 2.17. The van der Waals surface area contributed by atoms with Crippen LogP contribution in [0.5, 0.6) is 5.75 Å². The third-order valence-corrected chi connectivity index (χ3v) is 3.11. The van der Waals surface area contributed by atoms with Crippen LogP contribution in [0.2, 0.25) is 5.02 Å². The molecule has 2 nitrogen and oxygen atoms in total. The number of hydrogen-bond donors (Lipinski definition) is 1. The molecule has 0 aliphatic carbocycles. The Morgan fingerprint density at radius 3 is 2.56 bits per heavy atom. The van der Waals surface area contributed by atoms with Gasteiger partial charge in [0.25, 0.3) is 0 Å². The quantitative estimate of drug-likeness (QED) is 0.921. The Balaban J connectivity index is 2.48. The summed E-state index contributed by atoms with van der Waals surface area (Å²) in [6.45, 7) is 0. The van der Waals surface area contributed by atoms with Gasteiger partial charge < -0.3 is 10.5 Å². The molecule has 0 saturated carbocycles. The average molecular weight is 266 g/mol. The molecule has 0 saturated heterocycles. The van der Waals surface area contributed by atoms with Crippen molar-refractivity contribution in [3.05, 3.63) is 64.4 Å². The SMILES string of the molecule is COc1ccc(F)cc1C(N)c1ccccc1Cl. The smallest absolute Gasteiger partial charge is 0.124 e. The lowest BCUT2D eigenvalue weighted by Crippen LogP contribution is -2.13. The van der Waals surface area contributed by atoms with Crippen molar-refractivity contribution < 1.29 is 9.13 Å². The van der Waals surface area contributed by atoms with Crippen LogP contribution in [0, 0.1) is 5.82 Å². The second kappa shape index (κ2) is 5.38. The molecule has 0 radical (unpaired) electrons. The van der Waals surface area contributed by atoms with Crippen LogP contribution in [-0.2, 0) is 0 Å². The monoisotopic (exact) mass is 265 g/mol. The summed E-state index contributed by atoms with van der Waals surface area (Å²) in [5.74, 6) is 0.192. The molecule has 4 heteroatoms. The van der Waals surface area contributed by atoms with Gasteiger partial charge in [0.1, 0.15) is 11.6 Å². The summed E-state index contributed by atoms with van der Waals surface area (Å²) in [4.78, 5) is 0. The summed E-state index contributed by atoms with van der Waals surface area (Å²) in [6.07, 6.45) is 0. The minimum atomic E-state index is -0.524. The lowest BCUT2D eigenvalue weighted by Gasteiger charge is -2.17. The molecule has 94 valence electrons. The second-order valence-electron chi connectivity index (χ2n) is 3.89. The van der Waals surface area contributed by atoms with Gasteiger partial charge in [-0.15, -0.1) is 0 Å². The number of ether oxygens (including phenoxy) is 1. The van der Waals surface area contributed by atoms with Crippen LogP contribution in [0.1, 0.15) is 17.2 Å². The molecule has 2 rings (SSSR count). The van der Waals surface area contributed by atoms with E-state index in [1.807, 2.05) is 18.2 Å². The van der Waals surface area contributed by atoms with Gasteiger partial charge in [0.15, 0.2) is 0 Å². The number of hydrogen-bond acceptors (Lipinski definition) is 2. The first kappa shape index (κ1) is 12.9. The molecule has 0 fully saturated rings. The topological polar surface area (TPSA) is 35.2 Å². The molecule has 1 unspecified atom stereocenters. The number of halogens is 2. The fourth-order valence-corrected chi connectivity index (χ4v) is 2.10. The van der Waals surface area contributed by atoms with Crippen LogP contribution in [0.4, 0.5) is 4.39 Å². The zero-order valence-corrected chi connectivity index (χ0v) is 10.6. The van der Waals surface area contributed by atoms with Crippen molar-refractivity contribution in [2.45, 2.75) is 6.04 Å². The molecular weight excluding hydrogens is 253 g/mol. The van der Waals surface area contributed by atoms with Crippen molar-refractivity contribution in [3.8, 4) is 5.75 Å². The van der Waals surface area contributed by atoms with Gasteiger partial charge in [0.05, 0.1) is 13.2 Å². The van der Waals surface area contributed by atoms with E-state index >= 15 is 0 Å². The first-order chi connectivity index (χ1) is 8.63. The molecular formula is C14H13ClFNO. The van der Waals surface area contributed by atoms with Crippen LogP contribution in [0.3, 0.4) is 0 Å². The van der Waals surface area contributed by atoms with Crippen LogP contribution in [0.15, 0.2) is 42.5 Å². The highest BCUT2D eigenvalue weighted by molar-refractivity contribution is 6.31. The lowest BCUT2D eigenvalue weighted by molar-refractivity contribution is 0.406. The zero-order chi connectivity index (χ0) is 13.1. The minimum absolute atomic E-state index is 0.353. The Morgan fingerprint density at radius 2 is 1.89 bits per heavy atom. The highest BCUT2D eigenvalue weighted by atomic mass is 35.5. The maximum Gasteiger partial charge on any atom is 0.124 e. The fraction of sp³-hybridized carbons (Fsp3) is 0.143. The van der Waals surface area contributed by atoms with Gasteiger partial charge in [-0.1, -0.05) is 29.8 Å². The summed E-state index contributed by atoms with van der Waals surface area (Å²) >= 11 is 6.09. The van der Waals surface area contributed by atoms with Crippen molar-refractivity contribution >= 4 is 11.6 Å². The molecule has 0 aromatic heterocycles. The summed E-state index contributed by atoms with van der Waals surface area (Å²) in [5.41, 5.74) is 7.44. The molecule has 2 N–H and O–H groups in total. The maximum atomic E-state index is 13.3. The third kappa shape index (κ3) is 2.47. The van der Waals surface area contributed by atoms with Crippen LogP contribution >= 0.6 is 11.6 Å². The van der Waals surface area contributed by atoms with Crippen molar-refractivity contribution in [1.82, 2.24) is 0 Å². The third-order valence-electron chi connectivity index (χ3n) is 2.77. The first-order valence-corrected chi connectivity index (χ1v) is 5.84. The van der Waals surface area contributed by atoms with Gasteiger partial charge in [-0.3, -0.25) is 0 Å². The van der Waals surface area contributed by atoms with E-state index in [1.54, 1.807) is 12.1 Å². The summed E-state index contributed by atoms with van der Waals surface area (Å²) in [6, 6.07) is 11.0. The number of rotatable bonds is 3. The van der Waals surface area contributed by atoms with Gasteiger partial charge in [0.2, 0.25) is 0 Å². The molecule has 0 amide bonds. The zero-order valence-electron chi connectivity index (χ0n) is 9.86. The molecule has 1 atom stereocenters. The standard InChI is InChI=1S/C14H13ClFNO/c1-18-13-7-6-9(16)8-11(13)14(17)10-4-2-3-5-12(10)15/h2-8,14H,17H2,1H3. The van der Waals surface area contributed by atoms with Gasteiger partial charge in [-0.2, -0.15) is 0 Å². The minimum Gasteiger partial charge on any atom is -0.496 e. The molecule has 2 aromatic rings. The van der Waals surface area contributed by atoms with Crippen molar-refractivity contribution in [2.75, 3.05) is 7.11 Å². The van der Waals surface area contributed by atoms with E-state index in [2.05, 4.69) is 0 Å². The number of benzene rings is 2. The van der Waals surface area contributed by atoms with E-state index in [0.717, 1.165) is 5.56 Å². The summed E-state index contributed by atoms with van der Waals surface area (Å²) in [5, 5.41) is 0.552. The molecule has 2 aromatic carbocycles. The largest absolute Gasteiger partial charge is 0.496 e. The lowest BCUT2D eigenvalue weighted by atomic mass is 9.98. The van der Waals surface area contributed by atoms with Crippen molar-refractivity contribution in [3.63, 3.8) is 0 Å². The van der Waals surface area contributed by atoms with Crippen molar-refractivity contribution in [1.29, 1.82) is 0 Å².